The van der Waals surface area contributed by atoms with E-state index in [1.165, 1.54) is 16.9 Å². The van der Waals surface area contributed by atoms with Crippen molar-refractivity contribution in [1.82, 2.24) is 0 Å². The van der Waals surface area contributed by atoms with Crippen LogP contribution in [0, 0.1) is 5.92 Å². The van der Waals surface area contributed by atoms with Gasteiger partial charge in [-0.15, -0.1) is 11.3 Å². The quantitative estimate of drug-likeness (QED) is 0.613. The minimum absolute atomic E-state index is 0.696. The minimum atomic E-state index is -1.60. The van der Waals surface area contributed by atoms with Crippen LogP contribution in [0.4, 0.5) is 5.00 Å². The second-order valence-corrected chi connectivity index (χ2v) is 4.54. The molecule has 0 amide bonds. The molecule has 1 aromatic heterocycles. The number of carboxylic acid groups (broad SMARTS) is 2. The third-order valence-electron chi connectivity index (χ3n) is 2.57. The van der Waals surface area contributed by atoms with E-state index < -0.39 is 17.9 Å². The molecule has 0 unspecified atom stereocenters. The highest BCUT2D eigenvalue weighted by Crippen LogP contribution is 2.31. The van der Waals surface area contributed by atoms with E-state index in [4.69, 9.17) is 10.2 Å². The van der Waals surface area contributed by atoms with Gasteiger partial charge in [0, 0.05) is 6.21 Å². The number of thiophene rings is 1. The van der Waals surface area contributed by atoms with E-state index in [9.17, 15) is 9.59 Å². The van der Waals surface area contributed by atoms with Crippen LogP contribution >= 0.6 is 11.3 Å². The van der Waals surface area contributed by atoms with Gasteiger partial charge >= 0.3 is 11.9 Å². The smallest absolute Gasteiger partial charge is 0.323 e. The average Bonchev–Trinajstić information content (AvgIpc) is 2.70. The molecule has 0 atom stereocenters. The van der Waals surface area contributed by atoms with Gasteiger partial charge in [0.15, 0.2) is 5.92 Å². The predicted octanol–water partition coefficient (Wildman–Crippen LogP) is 2.36. The van der Waals surface area contributed by atoms with E-state index in [-0.39, 0.29) is 0 Å². The summed E-state index contributed by atoms with van der Waals surface area (Å²) in [6, 6.07) is 0. The predicted molar refractivity (Wildman–Crippen MR) is 70.0 cm³/mol. The van der Waals surface area contributed by atoms with Gasteiger partial charge in [-0.1, -0.05) is 13.8 Å². The van der Waals surface area contributed by atoms with Crippen LogP contribution < -0.4 is 0 Å². The number of aliphatic imine (C=N–C) groups is 1. The summed E-state index contributed by atoms with van der Waals surface area (Å²) in [6.07, 6.45) is 2.66. The second-order valence-electron chi connectivity index (χ2n) is 3.68. The lowest BCUT2D eigenvalue weighted by atomic mass is 10.1. The van der Waals surface area contributed by atoms with Crippen LogP contribution in [0.5, 0.6) is 0 Å². The van der Waals surface area contributed by atoms with Crippen molar-refractivity contribution in [3.05, 3.63) is 16.5 Å². The topological polar surface area (TPSA) is 87.0 Å². The van der Waals surface area contributed by atoms with Gasteiger partial charge in [-0.3, -0.25) is 9.59 Å². The number of hydrogen-bond donors (Lipinski definition) is 2. The fourth-order valence-electron chi connectivity index (χ4n) is 1.57. The van der Waals surface area contributed by atoms with E-state index in [1.54, 1.807) is 0 Å². The summed E-state index contributed by atoms with van der Waals surface area (Å²) in [6.45, 7) is 4.03. The Kier molecular flexibility index (Phi) is 5.03. The maximum Gasteiger partial charge on any atom is 0.323 e. The molecule has 0 saturated carbocycles. The Balaban J connectivity index is 2.99. The van der Waals surface area contributed by atoms with Gasteiger partial charge in [0.2, 0.25) is 0 Å². The first-order valence-electron chi connectivity index (χ1n) is 5.60. The van der Waals surface area contributed by atoms with Gasteiger partial charge in [-0.05, 0) is 29.3 Å². The molecule has 0 bridgehead atoms. The minimum Gasteiger partial charge on any atom is -0.480 e. The molecular weight excluding hydrogens is 254 g/mol. The van der Waals surface area contributed by atoms with Crippen LogP contribution in [0.2, 0.25) is 0 Å². The highest BCUT2D eigenvalue weighted by atomic mass is 32.1. The van der Waals surface area contributed by atoms with Gasteiger partial charge in [0.05, 0.1) is 0 Å². The standard InChI is InChI=1S/C12H15NO4S/c1-3-7-6-18-10(8(7)4-2)13-5-9(11(14)15)12(16)17/h5-6,9H,3-4H2,1-2H3,(H,14,15)(H,16,17). The van der Waals surface area contributed by atoms with Gasteiger partial charge in [-0.2, -0.15) is 0 Å². The lowest BCUT2D eigenvalue weighted by molar-refractivity contribution is -0.150. The molecule has 0 spiro atoms. The zero-order valence-electron chi connectivity index (χ0n) is 10.2. The van der Waals surface area contributed by atoms with E-state index in [0.717, 1.165) is 24.6 Å². The summed E-state index contributed by atoms with van der Waals surface area (Å²) in [5, 5.41) is 20.1. The van der Waals surface area contributed by atoms with Crippen molar-refractivity contribution in [3.8, 4) is 0 Å². The van der Waals surface area contributed by atoms with E-state index in [2.05, 4.69) is 4.99 Å². The number of aryl methyl sites for hydroxylation is 1. The maximum absolute atomic E-state index is 10.7. The Labute approximate surface area is 109 Å². The molecule has 0 aliphatic heterocycles. The maximum atomic E-state index is 10.7. The normalized spacial score (nSPS) is 11.3. The van der Waals surface area contributed by atoms with Gasteiger partial charge in [0.25, 0.3) is 0 Å². The monoisotopic (exact) mass is 269 g/mol. The summed E-state index contributed by atoms with van der Waals surface area (Å²) >= 11 is 1.41. The molecule has 5 nitrogen and oxygen atoms in total. The van der Waals surface area contributed by atoms with Gasteiger partial charge in [-0.25, -0.2) is 4.99 Å². The van der Waals surface area contributed by atoms with Crippen molar-refractivity contribution >= 4 is 34.5 Å². The molecular formula is C12H15NO4S. The first-order valence-corrected chi connectivity index (χ1v) is 6.48. The second kappa shape index (κ2) is 6.30. The fraction of sp³-hybridized carbons (Fsp3) is 0.417. The molecule has 98 valence electrons. The number of carbonyl (C=O) groups is 2. The van der Waals surface area contributed by atoms with Crippen molar-refractivity contribution in [2.45, 2.75) is 26.7 Å². The van der Waals surface area contributed by atoms with Crippen LogP contribution in [0.25, 0.3) is 0 Å². The molecule has 6 heteroatoms. The van der Waals surface area contributed by atoms with Crippen LogP contribution in [-0.4, -0.2) is 28.4 Å². The molecule has 0 fully saturated rings. The Hall–Kier alpha value is -1.69. The lowest BCUT2D eigenvalue weighted by Gasteiger charge is -2.01. The molecule has 0 radical (unpaired) electrons. The Morgan fingerprint density at radius 2 is 1.94 bits per heavy atom. The molecule has 0 saturated heterocycles. The summed E-state index contributed by atoms with van der Waals surface area (Å²) in [5.74, 6) is -4.41. The zero-order chi connectivity index (χ0) is 13.7. The molecule has 1 rings (SSSR count). The average molecular weight is 269 g/mol. The van der Waals surface area contributed by atoms with E-state index >= 15 is 0 Å². The molecule has 0 aromatic carbocycles. The third kappa shape index (κ3) is 3.16. The molecule has 1 aromatic rings. The number of aliphatic carboxylic acids is 2. The van der Waals surface area contributed by atoms with Crippen LogP contribution in [-0.2, 0) is 22.4 Å². The SMILES string of the molecule is CCc1csc(N=CC(C(=O)O)C(=O)O)c1CC. The molecule has 0 aliphatic rings. The Morgan fingerprint density at radius 1 is 1.33 bits per heavy atom. The van der Waals surface area contributed by atoms with Crippen LogP contribution in [0.3, 0.4) is 0 Å². The van der Waals surface area contributed by atoms with Crippen molar-refractivity contribution in [1.29, 1.82) is 0 Å². The van der Waals surface area contributed by atoms with Crippen molar-refractivity contribution in [2.75, 3.05) is 0 Å². The summed E-state index contributed by atoms with van der Waals surface area (Å²) in [4.78, 5) is 25.4. The van der Waals surface area contributed by atoms with Gasteiger partial charge in [0.1, 0.15) is 5.00 Å². The summed E-state index contributed by atoms with van der Waals surface area (Å²) < 4.78 is 0. The first-order chi connectivity index (χ1) is 8.51. The third-order valence-corrected chi connectivity index (χ3v) is 3.54. The number of carboxylic acids is 2. The highest BCUT2D eigenvalue weighted by Gasteiger charge is 2.23. The van der Waals surface area contributed by atoms with Gasteiger partial charge < -0.3 is 10.2 Å². The molecule has 2 N–H and O–H groups in total. The molecule has 18 heavy (non-hydrogen) atoms. The number of nitrogens with zero attached hydrogens (tertiary/aromatic N) is 1. The van der Waals surface area contributed by atoms with Crippen molar-refractivity contribution in [2.24, 2.45) is 10.9 Å². The van der Waals surface area contributed by atoms with Crippen LogP contribution in [0.15, 0.2) is 10.4 Å². The summed E-state index contributed by atoms with van der Waals surface area (Å²) in [5.41, 5.74) is 2.24. The zero-order valence-corrected chi connectivity index (χ0v) is 11.0. The van der Waals surface area contributed by atoms with Crippen LogP contribution in [0.1, 0.15) is 25.0 Å². The van der Waals surface area contributed by atoms with E-state index in [0.29, 0.717) is 5.00 Å². The lowest BCUT2D eigenvalue weighted by Crippen LogP contribution is -2.24. The van der Waals surface area contributed by atoms with Crippen molar-refractivity contribution in [3.63, 3.8) is 0 Å². The number of hydrogen-bond acceptors (Lipinski definition) is 4. The first kappa shape index (κ1) is 14.4. The highest BCUT2D eigenvalue weighted by molar-refractivity contribution is 7.14. The Morgan fingerprint density at radius 3 is 2.39 bits per heavy atom. The fourth-order valence-corrected chi connectivity index (χ4v) is 2.67. The largest absolute Gasteiger partial charge is 0.480 e. The summed E-state index contributed by atoms with van der Waals surface area (Å²) in [7, 11) is 0. The van der Waals surface area contributed by atoms with Crippen molar-refractivity contribution < 1.29 is 19.8 Å². The molecule has 1 heterocycles. The van der Waals surface area contributed by atoms with E-state index in [1.807, 2.05) is 19.2 Å². The Bertz CT molecular complexity index is 464. The number of rotatable bonds is 6. The molecule has 0 aliphatic carbocycles.